The first-order valence-corrected chi connectivity index (χ1v) is 5.84. The summed E-state index contributed by atoms with van der Waals surface area (Å²) in [6.07, 6.45) is 0. The summed E-state index contributed by atoms with van der Waals surface area (Å²) in [5.74, 6) is 0.528. The van der Waals surface area contributed by atoms with Crippen molar-refractivity contribution in [1.82, 2.24) is 9.55 Å². The monoisotopic (exact) mass is 251 g/mol. The molecule has 0 unspecified atom stereocenters. The van der Waals surface area contributed by atoms with Gasteiger partial charge in [0.05, 0.1) is 22.7 Å². The fourth-order valence-corrected chi connectivity index (χ4v) is 2.18. The number of benzene rings is 2. The van der Waals surface area contributed by atoms with Gasteiger partial charge in [0.15, 0.2) is 0 Å². The van der Waals surface area contributed by atoms with Crippen LogP contribution in [0.25, 0.3) is 16.7 Å². The molecule has 0 amide bonds. The van der Waals surface area contributed by atoms with Crippen LogP contribution in [0.2, 0.25) is 0 Å². The molecule has 92 valence electrons. The molecular weight excluding hydrogens is 241 g/mol. The van der Waals surface area contributed by atoms with E-state index in [9.17, 15) is 4.39 Å². The SMILES string of the molecule is Cc1nc2ccc(C#N)cc2n1-c1ccc(F)cc1. The summed E-state index contributed by atoms with van der Waals surface area (Å²) in [5.41, 5.74) is 3.08. The van der Waals surface area contributed by atoms with E-state index in [4.69, 9.17) is 5.26 Å². The molecule has 1 heterocycles. The lowest BCUT2D eigenvalue weighted by atomic mass is 10.2. The van der Waals surface area contributed by atoms with Gasteiger partial charge in [-0.3, -0.25) is 4.57 Å². The lowest BCUT2D eigenvalue weighted by Crippen LogP contribution is -1.96. The molecule has 0 saturated heterocycles. The van der Waals surface area contributed by atoms with Gasteiger partial charge in [-0.25, -0.2) is 9.37 Å². The highest BCUT2D eigenvalue weighted by Gasteiger charge is 2.09. The molecule has 2 aromatic carbocycles. The molecule has 4 heteroatoms. The normalized spacial score (nSPS) is 10.6. The van der Waals surface area contributed by atoms with Gasteiger partial charge in [-0.1, -0.05) is 0 Å². The molecule has 0 fully saturated rings. The molecule has 0 atom stereocenters. The van der Waals surface area contributed by atoms with Gasteiger partial charge < -0.3 is 0 Å². The van der Waals surface area contributed by atoms with Crippen molar-refractivity contribution in [2.24, 2.45) is 0 Å². The lowest BCUT2D eigenvalue weighted by Gasteiger charge is -2.06. The number of hydrogen-bond acceptors (Lipinski definition) is 2. The van der Waals surface area contributed by atoms with Crippen LogP contribution in [0, 0.1) is 24.1 Å². The molecular formula is C15H10FN3. The zero-order valence-electron chi connectivity index (χ0n) is 10.3. The van der Waals surface area contributed by atoms with Crippen LogP contribution in [0.3, 0.4) is 0 Å². The minimum Gasteiger partial charge on any atom is -0.296 e. The van der Waals surface area contributed by atoms with Crippen LogP contribution >= 0.6 is 0 Å². The maximum absolute atomic E-state index is 13.0. The summed E-state index contributed by atoms with van der Waals surface area (Å²) in [6.45, 7) is 1.88. The van der Waals surface area contributed by atoms with Gasteiger partial charge in [0, 0.05) is 5.69 Å². The molecule has 0 aliphatic rings. The number of nitriles is 1. The molecule has 0 N–H and O–H groups in total. The average molecular weight is 251 g/mol. The van der Waals surface area contributed by atoms with E-state index in [0.717, 1.165) is 22.5 Å². The first-order chi connectivity index (χ1) is 9.19. The highest BCUT2D eigenvalue weighted by molar-refractivity contribution is 5.79. The van der Waals surface area contributed by atoms with Crippen molar-refractivity contribution in [3.05, 3.63) is 59.7 Å². The molecule has 0 saturated carbocycles. The van der Waals surface area contributed by atoms with E-state index in [2.05, 4.69) is 11.1 Å². The maximum Gasteiger partial charge on any atom is 0.123 e. The maximum atomic E-state index is 13.0. The molecule has 0 spiro atoms. The van der Waals surface area contributed by atoms with Crippen molar-refractivity contribution in [2.75, 3.05) is 0 Å². The number of imidazole rings is 1. The topological polar surface area (TPSA) is 41.6 Å². The summed E-state index contributed by atoms with van der Waals surface area (Å²) < 4.78 is 14.9. The van der Waals surface area contributed by atoms with Crippen molar-refractivity contribution in [1.29, 1.82) is 5.26 Å². The Morgan fingerprint density at radius 1 is 1.16 bits per heavy atom. The quantitative estimate of drug-likeness (QED) is 0.665. The molecule has 0 aliphatic heterocycles. The van der Waals surface area contributed by atoms with Gasteiger partial charge in [-0.2, -0.15) is 5.26 Å². The fraction of sp³-hybridized carbons (Fsp3) is 0.0667. The van der Waals surface area contributed by atoms with E-state index < -0.39 is 0 Å². The Kier molecular flexibility index (Phi) is 2.53. The van der Waals surface area contributed by atoms with Gasteiger partial charge >= 0.3 is 0 Å². The van der Waals surface area contributed by atoms with Crippen LogP contribution in [0.15, 0.2) is 42.5 Å². The summed E-state index contributed by atoms with van der Waals surface area (Å²) >= 11 is 0. The van der Waals surface area contributed by atoms with E-state index in [1.165, 1.54) is 12.1 Å². The fourth-order valence-electron chi connectivity index (χ4n) is 2.18. The van der Waals surface area contributed by atoms with Crippen LogP contribution in [0.5, 0.6) is 0 Å². The molecule has 19 heavy (non-hydrogen) atoms. The van der Waals surface area contributed by atoms with E-state index >= 15 is 0 Å². The second kappa shape index (κ2) is 4.21. The standard InChI is InChI=1S/C15H10FN3/c1-10-18-14-7-2-11(9-17)8-15(14)19(10)13-5-3-12(16)4-6-13/h2-8H,1H3. The molecule has 0 bridgehead atoms. The number of hydrogen-bond donors (Lipinski definition) is 0. The first-order valence-electron chi connectivity index (χ1n) is 5.84. The first kappa shape index (κ1) is 11.4. The van der Waals surface area contributed by atoms with Crippen LogP contribution in [-0.2, 0) is 0 Å². The van der Waals surface area contributed by atoms with Crippen molar-refractivity contribution < 1.29 is 4.39 Å². The van der Waals surface area contributed by atoms with Gasteiger partial charge in [0.25, 0.3) is 0 Å². The molecule has 0 aliphatic carbocycles. The van der Waals surface area contributed by atoms with Crippen LogP contribution in [0.1, 0.15) is 11.4 Å². The Balaban J connectivity index is 2.30. The number of nitrogens with zero attached hydrogens (tertiary/aromatic N) is 3. The third kappa shape index (κ3) is 1.85. The van der Waals surface area contributed by atoms with Crippen molar-refractivity contribution >= 4 is 11.0 Å². The molecule has 0 radical (unpaired) electrons. The number of aryl methyl sites for hydroxylation is 1. The van der Waals surface area contributed by atoms with E-state index in [1.807, 2.05) is 17.6 Å². The Morgan fingerprint density at radius 2 is 1.89 bits per heavy atom. The van der Waals surface area contributed by atoms with Crippen LogP contribution in [0.4, 0.5) is 4.39 Å². The zero-order chi connectivity index (χ0) is 13.4. The summed E-state index contributed by atoms with van der Waals surface area (Å²) in [7, 11) is 0. The molecule has 3 rings (SSSR count). The number of aromatic nitrogens is 2. The molecule has 3 aromatic rings. The third-order valence-electron chi connectivity index (χ3n) is 3.04. The third-order valence-corrected chi connectivity index (χ3v) is 3.04. The minimum absolute atomic E-state index is 0.275. The summed E-state index contributed by atoms with van der Waals surface area (Å²) in [4.78, 5) is 4.45. The van der Waals surface area contributed by atoms with Crippen molar-refractivity contribution in [3.8, 4) is 11.8 Å². The highest BCUT2D eigenvalue weighted by Crippen LogP contribution is 2.22. The molecule has 1 aromatic heterocycles. The highest BCUT2D eigenvalue weighted by atomic mass is 19.1. The zero-order valence-corrected chi connectivity index (χ0v) is 10.3. The Hall–Kier alpha value is -2.67. The Labute approximate surface area is 109 Å². The summed E-state index contributed by atoms with van der Waals surface area (Å²) in [5, 5.41) is 8.97. The van der Waals surface area contributed by atoms with Crippen LogP contribution in [-0.4, -0.2) is 9.55 Å². The largest absolute Gasteiger partial charge is 0.296 e. The number of rotatable bonds is 1. The average Bonchev–Trinajstić information content (AvgIpc) is 2.75. The predicted molar refractivity (Wildman–Crippen MR) is 70.5 cm³/mol. The second-order valence-corrected chi connectivity index (χ2v) is 4.29. The predicted octanol–water partition coefficient (Wildman–Crippen LogP) is 3.34. The van der Waals surface area contributed by atoms with Gasteiger partial charge in [0.2, 0.25) is 0 Å². The van der Waals surface area contributed by atoms with E-state index in [1.54, 1.807) is 24.3 Å². The van der Waals surface area contributed by atoms with Crippen molar-refractivity contribution in [2.45, 2.75) is 6.92 Å². The van der Waals surface area contributed by atoms with Crippen molar-refractivity contribution in [3.63, 3.8) is 0 Å². The lowest BCUT2D eigenvalue weighted by molar-refractivity contribution is 0.627. The smallest absolute Gasteiger partial charge is 0.123 e. The van der Waals surface area contributed by atoms with Crippen LogP contribution < -0.4 is 0 Å². The van der Waals surface area contributed by atoms with Gasteiger partial charge in [-0.05, 0) is 49.4 Å². The van der Waals surface area contributed by atoms with E-state index in [0.29, 0.717) is 5.56 Å². The number of halogens is 1. The van der Waals surface area contributed by atoms with Gasteiger partial charge in [0.1, 0.15) is 11.6 Å². The Bertz CT molecular complexity index is 795. The van der Waals surface area contributed by atoms with Gasteiger partial charge in [-0.15, -0.1) is 0 Å². The second-order valence-electron chi connectivity index (χ2n) is 4.29. The van der Waals surface area contributed by atoms with E-state index in [-0.39, 0.29) is 5.82 Å². The summed E-state index contributed by atoms with van der Waals surface area (Å²) in [6, 6.07) is 13.7. The minimum atomic E-state index is -0.275. The number of fused-ring (bicyclic) bond motifs is 1. The molecule has 3 nitrogen and oxygen atoms in total. The Morgan fingerprint density at radius 3 is 2.58 bits per heavy atom.